The van der Waals surface area contributed by atoms with Gasteiger partial charge in [0.05, 0.1) is 30.6 Å². The van der Waals surface area contributed by atoms with Crippen molar-refractivity contribution in [2.45, 2.75) is 13.1 Å². The van der Waals surface area contributed by atoms with Crippen LogP contribution in [-0.2, 0) is 17.9 Å². The van der Waals surface area contributed by atoms with E-state index >= 15 is 0 Å². The molecule has 0 aliphatic carbocycles. The number of hydrogen-bond acceptors (Lipinski definition) is 6. The first-order valence-corrected chi connectivity index (χ1v) is 7.97. The van der Waals surface area contributed by atoms with Crippen LogP contribution in [0.1, 0.15) is 11.5 Å². The number of carbonyl (C=O) groups is 2. The number of hydrogen-bond donors (Lipinski definition) is 3. The summed E-state index contributed by atoms with van der Waals surface area (Å²) in [6.45, 7) is 2.26. The summed E-state index contributed by atoms with van der Waals surface area (Å²) in [5, 5.41) is 22.5. The lowest BCUT2D eigenvalue weighted by molar-refractivity contribution is -0.142. The van der Waals surface area contributed by atoms with Crippen LogP contribution in [0.2, 0.25) is 0 Å². The van der Waals surface area contributed by atoms with Gasteiger partial charge in [-0.3, -0.25) is 9.69 Å². The molecule has 3 N–H and O–H groups in total. The molecule has 2 amide bonds. The van der Waals surface area contributed by atoms with Crippen molar-refractivity contribution >= 4 is 12.0 Å². The predicted molar refractivity (Wildman–Crippen MR) is 85.3 cm³/mol. The highest BCUT2D eigenvalue weighted by Gasteiger charge is 2.30. The maximum absolute atomic E-state index is 12.4. The lowest BCUT2D eigenvalue weighted by Crippen LogP contribution is -2.43. The summed E-state index contributed by atoms with van der Waals surface area (Å²) < 4.78 is 5.18. The Morgan fingerprint density at radius 3 is 2.96 bits per heavy atom. The molecule has 0 unspecified atom stereocenters. The maximum atomic E-state index is 12.4. The van der Waals surface area contributed by atoms with Crippen molar-refractivity contribution in [3.63, 3.8) is 0 Å². The van der Waals surface area contributed by atoms with Gasteiger partial charge in [0.25, 0.3) is 0 Å². The summed E-state index contributed by atoms with van der Waals surface area (Å²) >= 11 is 0. The Labute approximate surface area is 143 Å². The first-order chi connectivity index (χ1) is 12.1. The van der Waals surface area contributed by atoms with Crippen LogP contribution in [0.15, 0.2) is 29.0 Å². The minimum Gasteiger partial charge on any atom is -0.481 e. The molecular formula is C15H20N6O4. The molecule has 0 spiro atoms. The van der Waals surface area contributed by atoms with Crippen molar-refractivity contribution in [2.24, 2.45) is 5.92 Å². The fourth-order valence-electron chi connectivity index (χ4n) is 2.78. The largest absolute Gasteiger partial charge is 0.481 e. The van der Waals surface area contributed by atoms with Crippen molar-refractivity contribution in [2.75, 3.05) is 26.2 Å². The van der Waals surface area contributed by atoms with Gasteiger partial charge in [0.15, 0.2) is 0 Å². The number of aliphatic carboxylic acids is 1. The van der Waals surface area contributed by atoms with Crippen LogP contribution in [0, 0.1) is 5.92 Å². The van der Waals surface area contributed by atoms with Gasteiger partial charge < -0.3 is 19.7 Å². The topological polar surface area (TPSA) is 128 Å². The number of amides is 2. The first-order valence-electron chi connectivity index (χ1n) is 7.97. The Kier molecular flexibility index (Phi) is 5.29. The number of urea groups is 1. The molecule has 0 aromatic carbocycles. The van der Waals surface area contributed by atoms with Crippen LogP contribution >= 0.6 is 0 Å². The third-order valence-electron chi connectivity index (χ3n) is 4.09. The molecule has 3 rings (SSSR count). The van der Waals surface area contributed by atoms with E-state index < -0.39 is 11.9 Å². The second kappa shape index (κ2) is 7.79. The van der Waals surface area contributed by atoms with E-state index in [-0.39, 0.29) is 19.1 Å². The number of furan rings is 1. The van der Waals surface area contributed by atoms with E-state index in [0.29, 0.717) is 31.9 Å². The molecule has 2 aromatic rings. The van der Waals surface area contributed by atoms with Gasteiger partial charge >= 0.3 is 12.0 Å². The molecule has 0 saturated carbocycles. The highest BCUT2D eigenvalue weighted by molar-refractivity contribution is 5.76. The lowest BCUT2D eigenvalue weighted by Gasteiger charge is -2.22. The molecule has 134 valence electrons. The zero-order valence-electron chi connectivity index (χ0n) is 13.6. The van der Waals surface area contributed by atoms with Gasteiger partial charge in [0, 0.05) is 32.7 Å². The van der Waals surface area contributed by atoms with Gasteiger partial charge in [-0.1, -0.05) is 0 Å². The fourth-order valence-corrected chi connectivity index (χ4v) is 2.78. The highest BCUT2D eigenvalue weighted by atomic mass is 16.4. The van der Waals surface area contributed by atoms with Gasteiger partial charge in [0.2, 0.25) is 0 Å². The summed E-state index contributed by atoms with van der Waals surface area (Å²) in [5.41, 5.74) is 0.736. The van der Waals surface area contributed by atoms with E-state index in [4.69, 9.17) is 4.42 Å². The van der Waals surface area contributed by atoms with Crippen molar-refractivity contribution in [1.29, 1.82) is 0 Å². The molecule has 1 atom stereocenters. The van der Waals surface area contributed by atoms with E-state index in [2.05, 4.69) is 20.7 Å². The molecule has 1 aliphatic rings. The Morgan fingerprint density at radius 2 is 2.28 bits per heavy atom. The second-order valence-electron chi connectivity index (χ2n) is 5.92. The minimum atomic E-state index is -0.920. The van der Waals surface area contributed by atoms with E-state index in [1.165, 1.54) is 11.2 Å². The van der Waals surface area contributed by atoms with Gasteiger partial charge in [-0.05, 0) is 12.1 Å². The highest BCUT2D eigenvalue weighted by Crippen LogP contribution is 2.13. The van der Waals surface area contributed by atoms with Crippen LogP contribution in [0.3, 0.4) is 0 Å². The molecule has 0 bridgehead atoms. The zero-order valence-corrected chi connectivity index (χ0v) is 13.6. The molecule has 0 radical (unpaired) electrons. The number of nitrogens with zero attached hydrogens (tertiary/aromatic N) is 4. The van der Waals surface area contributed by atoms with Crippen LogP contribution in [0.4, 0.5) is 4.79 Å². The SMILES string of the molecule is O=C(O)[C@H]1CN(Cc2cn[nH]n2)CCN(C(=O)NCc2ccco2)C1. The monoisotopic (exact) mass is 348 g/mol. The normalized spacial score (nSPS) is 18.7. The van der Waals surface area contributed by atoms with Gasteiger partial charge in [-0.25, -0.2) is 4.79 Å². The first kappa shape index (κ1) is 17.0. The quantitative estimate of drug-likeness (QED) is 0.700. The number of nitrogens with one attached hydrogen (secondary N) is 2. The maximum Gasteiger partial charge on any atom is 0.317 e. The van der Waals surface area contributed by atoms with E-state index in [1.807, 2.05) is 4.90 Å². The smallest absolute Gasteiger partial charge is 0.317 e. The third kappa shape index (κ3) is 4.57. The molecule has 1 saturated heterocycles. The van der Waals surface area contributed by atoms with E-state index in [1.54, 1.807) is 18.3 Å². The number of aromatic amines is 1. The summed E-state index contributed by atoms with van der Waals surface area (Å²) in [6.07, 6.45) is 3.14. The standard InChI is InChI=1S/C15H20N6O4/c22-14(23)11-8-20(10-12-6-17-19-18-12)3-4-21(9-11)15(24)16-7-13-2-1-5-25-13/h1-2,5-6,11H,3-4,7-10H2,(H,16,24)(H,22,23)(H,17,18,19)/t11-/m0/s1. The Hall–Kier alpha value is -2.88. The van der Waals surface area contributed by atoms with Crippen molar-refractivity contribution in [3.05, 3.63) is 36.0 Å². The molecule has 25 heavy (non-hydrogen) atoms. The molecule has 1 fully saturated rings. The molecule has 10 nitrogen and oxygen atoms in total. The molecule has 10 heteroatoms. The summed E-state index contributed by atoms with van der Waals surface area (Å²) in [6, 6.07) is 3.21. The average Bonchev–Trinajstić information content (AvgIpc) is 3.24. The fraction of sp³-hybridized carbons (Fsp3) is 0.467. The number of rotatable bonds is 5. The predicted octanol–water partition coefficient (Wildman–Crippen LogP) is 0.126. The number of H-pyrrole nitrogens is 1. The minimum absolute atomic E-state index is 0.161. The van der Waals surface area contributed by atoms with Crippen molar-refractivity contribution in [1.82, 2.24) is 30.5 Å². The number of carbonyl (C=O) groups excluding carboxylic acids is 1. The Balaban J connectivity index is 1.60. The van der Waals surface area contributed by atoms with Crippen LogP contribution in [0.5, 0.6) is 0 Å². The molecule has 3 heterocycles. The Morgan fingerprint density at radius 1 is 1.40 bits per heavy atom. The van der Waals surface area contributed by atoms with Crippen LogP contribution < -0.4 is 5.32 Å². The average molecular weight is 348 g/mol. The van der Waals surface area contributed by atoms with Crippen molar-refractivity contribution < 1.29 is 19.1 Å². The van der Waals surface area contributed by atoms with Gasteiger partial charge in [0.1, 0.15) is 5.76 Å². The van der Waals surface area contributed by atoms with Crippen molar-refractivity contribution in [3.8, 4) is 0 Å². The number of carboxylic acid groups (broad SMARTS) is 1. The molecule has 1 aliphatic heterocycles. The summed E-state index contributed by atoms with van der Waals surface area (Å²) in [7, 11) is 0. The second-order valence-corrected chi connectivity index (χ2v) is 5.92. The van der Waals surface area contributed by atoms with Crippen LogP contribution in [-0.4, -0.2) is 68.5 Å². The number of aromatic nitrogens is 3. The van der Waals surface area contributed by atoms with E-state index in [0.717, 1.165) is 5.69 Å². The summed E-state index contributed by atoms with van der Waals surface area (Å²) in [5.74, 6) is -0.940. The summed E-state index contributed by atoms with van der Waals surface area (Å²) in [4.78, 5) is 27.4. The third-order valence-corrected chi connectivity index (χ3v) is 4.09. The molecular weight excluding hydrogens is 328 g/mol. The van der Waals surface area contributed by atoms with Crippen LogP contribution in [0.25, 0.3) is 0 Å². The Bertz CT molecular complexity index is 687. The van der Waals surface area contributed by atoms with Gasteiger partial charge in [-0.2, -0.15) is 15.4 Å². The zero-order chi connectivity index (χ0) is 17.6. The lowest BCUT2D eigenvalue weighted by atomic mass is 10.1. The van der Waals surface area contributed by atoms with E-state index in [9.17, 15) is 14.7 Å². The number of carboxylic acids is 1. The van der Waals surface area contributed by atoms with Gasteiger partial charge in [-0.15, -0.1) is 0 Å². The molecule has 2 aromatic heterocycles.